The van der Waals surface area contributed by atoms with Crippen LogP contribution in [-0.2, 0) is 22.7 Å². The first-order valence-electron chi connectivity index (χ1n) is 8.87. The van der Waals surface area contributed by atoms with Gasteiger partial charge in [0, 0.05) is 44.7 Å². The molecular weight excluding hydrogens is 316 g/mol. The average Bonchev–Trinajstić information content (AvgIpc) is 3.01. The Morgan fingerprint density at radius 2 is 1.96 bits per heavy atom. The van der Waals surface area contributed by atoms with E-state index in [0.29, 0.717) is 30.5 Å². The van der Waals surface area contributed by atoms with E-state index in [-0.39, 0.29) is 11.8 Å². The Labute approximate surface area is 148 Å². The highest BCUT2D eigenvalue weighted by Crippen LogP contribution is 2.32. The van der Waals surface area contributed by atoms with Gasteiger partial charge in [0.2, 0.25) is 5.91 Å². The van der Waals surface area contributed by atoms with Crippen molar-refractivity contribution in [3.8, 4) is 0 Å². The Morgan fingerprint density at radius 3 is 2.64 bits per heavy atom. The maximum atomic E-state index is 12.5. The van der Waals surface area contributed by atoms with Gasteiger partial charge in [-0.3, -0.25) is 14.5 Å². The van der Waals surface area contributed by atoms with Crippen molar-refractivity contribution < 1.29 is 9.59 Å². The highest BCUT2D eigenvalue weighted by atomic mass is 16.2. The monoisotopic (exact) mass is 342 g/mol. The van der Waals surface area contributed by atoms with Crippen molar-refractivity contribution in [1.29, 1.82) is 0 Å². The van der Waals surface area contributed by atoms with E-state index in [1.807, 2.05) is 12.1 Å². The Morgan fingerprint density at radius 1 is 1.20 bits per heavy atom. The zero-order valence-electron chi connectivity index (χ0n) is 15.4. The molecule has 1 N–H and O–H groups in total. The molecule has 2 amide bonds. The number of nitrogens with zero attached hydrogens (tertiary/aromatic N) is 3. The third-order valence-electron chi connectivity index (χ3n) is 5.27. The van der Waals surface area contributed by atoms with Gasteiger partial charge in [0.1, 0.15) is 5.71 Å². The molecule has 3 rings (SSSR count). The van der Waals surface area contributed by atoms with Crippen LogP contribution >= 0.6 is 0 Å². The molecule has 0 aliphatic carbocycles. The maximum Gasteiger partial charge on any atom is 0.271 e. The quantitative estimate of drug-likeness (QED) is 0.915. The fraction of sp³-hybridized carbons (Fsp3) is 0.526. The minimum Gasteiger partial charge on any atom is -0.321 e. The van der Waals surface area contributed by atoms with Crippen LogP contribution in [-0.4, -0.2) is 40.5 Å². The largest absolute Gasteiger partial charge is 0.321 e. The summed E-state index contributed by atoms with van der Waals surface area (Å²) in [5.41, 5.74) is 3.71. The van der Waals surface area contributed by atoms with Crippen LogP contribution in [0.15, 0.2) is 23.3 Å². The normalized spacial score (nSPS) is 19.0. The van der Waals surface area contributed by atoms with E-state index in [1.54, 1.807) is 7.05 Å². The number of benzene rings is 1. The number of hydrazone groups is 1. The molecule has 2 heterocycles. The van der Waals surface area contributed by atoms with Crippen LogP contribution in [0, 0.1) is 5.92 Å². The molecule has 0 bridgehead atoms. The van der Waals surface area contributed by atoms with E-state index in [2.05, 4.69) is 42.2 Å². The number of fused-ring (bicyclic) bond motifs is 1. The fourth-order valence-corrected chi connectivity index (χ4v) is 3.30. The van der Waals surface area contributed by atoms with Crippen LogP contribution in [0.1, 0.15) is 44.7 Å². The van der Waals surface area contributed by atoms with Gasteiger partial charge in [0.25, 0.3) is 5.91 Å². The van der Waals surface area contributed by atoms with Crippen molar-refractivity contribution in [3.63, 3.8) is 0 Å². The van der Waals surface area contributed by atoms with E-state index in [1.165, 1.54) is 16.1 Å². The van der Waals surface area contributed by atoms with Gasteiger partial charge in [0.05, 0.1) is 0 Å². The summed E-state index contributed by atoms with van der Waals surface area (Å²) in [6.07, 6.45) is 0.718. The Kier molecular flexibility index (Phi) is 4.90. The summed E-state index contributed by atoms with van der Waals surface area (Å²) in [5, 5.41) is 8.35. The Hall–Kier alpha value is -2.21. The van der Waals surface area contributed by atoms with E-state index < -0.39 is 0 Å². The number of nitrogens with one attached hydrogen (secondary N) is 1. The second-order valence-corrected chi connectivity index (χ2v) is 7.25. The van der Waals surface area contributed by atoms with E-state index in [9.17, 15) is 9.59 Å². The van der Waals surface area contributed by atoms with Gasteiger partial charge in [0.15, 0.2) is 0 Å². The minimum absolute atomic E-state index is 0.0598. The van der Waals surface area contributed by atoms with Crippen molar-refractivity contribution in [2.24, 2.45) is 11.0 Å². The molecule has 0 aromatic heterocycles. The minimum atomic E-state index is -0.219. The molecule has 0 saturated heterocycles. The van der Waals surface area contributed by atoms with Gasteiger partial charge in [-0.05, 0) is 30.0 Å². The first-order valence-corrected chi connectivity index (χ1v) is 8.87. The molecule has 1 aromatic carbocycles. The number of amides is 2. The maximum absolute atomic E-state index is 12.5. The molecule has 6 nitrogen and oxygen atoms in total. The van der Waals surface area contributed by atoms with Gasteiger partial charge in [-0.2, -0.15) is 5.10 Å². The number of carbonyl (C=O) groups is 2. The van der Waals surface area contributed by atoms with Crippen LogP contribution in [0.4, 0.5) is 5.69 Å². The van der Waals surface area contributed by atoms with E-state index in [4.69, 9.17) is 0 Å². The molecule has 134 valence electrons. The van der Waals surface area contributed by atoms with Crippen LogP contribution in [0.25, 0.3) is 0 Å². The van der Waals surface area contributed by atoms with Crippen LogP contribution in [0.5, 0.6) is 0 Å². The molecular formula is C19H26N4O2. The molecule has 6 heteroatoms. The number of anilines is 1. The summed E-state index contributed by atoms with van der Waals surface area (Å²) in [6, 6.07) is 6.54. The molecule has 1 unspecified atom stereocenters. The summed E-state index contributed by atoms with van der Waals surface area (Å²) in [4.78, 5) is 26.5. The lowest BCUT2D eigenvalue weighted by Gasteiger charge is -2.27. The molecule has 0 radical (unpaired) electrons. The van der Waals surface area contributed by atoms with Gasteiger partial charge < -0.3 is 5.32 Å². The molecule has 0 spiro atoms. The molecule has 1 atom stereocenters. The summed E-state index contributed by atoms with van der Waals surface area (Å²) >= 11 is 0. The third-order valence-corrected chi connectivity index (χ3v) is 5.27. The number of hydrogen-bond acceptors (Lipinski definition) is 4. The van der Waals surface area contributed by atoms with Gasteiger partial charge in [-0.15, -0.1) is 0 Å². The number of rotatable bonds is 4. The highest BCUT2D eigenvalue weighted by molar-refractivity contribution is 6.43. The molecule has 1 aromatic rings. The second-order valence-electron chi connectivity index (χ2n) is 7.25. The predicted octanol–water partition coefficient (Wildman–Crippen LogP) is 2.59. The van der Waals surface area contributed by atoms with Crippen molar-refractivity contribution in [2.75, 3.05) is 12.4 Å². The van der Waals surface area contributed by atoms with Gasteiger partial charge in [-0.25, -0.2) is 5.01 Å². The summed E-state index contributed by atoms with van der Waals surface area (Å²) in [5.74, 6) is 0.301. The van der Waals surface area contributed by atoms with Crippen LogP contribution < -0.4 is 5.32 Å². The van der Waals surface area contributed by atoms with Crippen molar-refractivity contribution >= 4 is 23.2 Å². The summed E-state index contributed by atoms with van der Waals surface area (Å²) < 4.78 is 0. The smallest absolute Gasteiger partial charge is 0.271 e. The standard InChI is InChI=1S/C19H26N4O2/c1-12(2)13(3)23-10-14-6-5-7-16(15(14)11-23)20-19(25)17-8-9-18(24)22(4)21-17/h5-7,12-13H,8-11H2,1-4H3,(H,20,25). The first-order chi connectivity index (χ1) is 11.9. The van der Waals surface area contributed by atoms with E-state index >= 15 is 0 Å². The Bertz CT molecular complexity index is 726. The molecule has 0 fully saturated rings. The third kappa shape index (κ3) is 3.58. The highest BCUT2D eigenvalue weighted by Gasteiger charge is 2.28. The average molecular weight is 342 g/mol. The van der Waals surface area contributed by atoms with Crippen molar-refractivity contribution in [1.82, 2.24) is 9.91 Å². The zero-order valence-corrected chi connectivity index (χ0v) is 15.4. The molecule has 0 saturated carbocycles. The first kappa shape index (κ1) is 17.6. The SMILES string of the molecule is CC(C)C(C)N1Cc2cccc(NC(=O)C3=NN(C)C(=O)CC3)c2C1. The predicted molar refractivity (Wildman–Crippen MR) is 98.1 cm³/mol. The molecule has 2 aliphatic heterocycles. The zero-order chi connectivity index (χ0) is 18.1. The number of carbonyl (C=O) groups excluding carboxylic acids is 2. The van der Waals surface area contributed by atoms with Gasteiger partial charge in [-0.1, -0.05) is 26.0 Å². The number of hydrogen-bond donors (Lipinski definition) is 1. The van der Waals surface area contributed by atoms with Gasteiger partial charge >= 0.3 is 0 Å². The summed E-state index contributed by atoms with van der Waals surface area (Å²) in [6.45, 7) is 8.47. The second kappa shape index (κ2) is 6.96. The lowest BCUT2D eigenvalue weighted by molar-refractivity contribution is -0.130. The topological polar surface area (TPSA) is 65.0 Å². The lowest BCUT2D eigenvalue weighted by atomic mass is 10.1. The Balaban J connectivity index is 1.76. The van der Waals surface area contributed by atoms with Crippen LogP contribution in [0.3, 0.4) is 0 Å². The van der Waals surface area contributed by atoms with Crippen LogP contribution in [0.2, 0.25) is 0 Å². The van der Waals surface area contributed by atoms with Crippen molar-refractivity contribution in [2.45, 2.75) is 52.7 Å². The molecule has 2 aliphatic rings. The fourth-order valence-electron chi connectivity index (χ4n) is 3.30. The van der Waals surface area contributed by atoms with E-state index in [0.717, 1.165) is 18.8 Å². The molecule has 25 heavy (non-hydrogen) atoms. The lowest BCUT2D eigenvalue weighted by Crippen LogP contribution is -2.34. The van der Waals surface area contributed by atoms with Crippen molar-refractivity contribution in [3.05, 3.63) is 29.3 Å². The summed E-state index contributed by atoms with van der Waals surface area (Å²) in [7, 11) is 1.58.